The molecule has 1 atom stereocenters. The molecule has 1 aliphatic carbocycles. The monoisotopic (exact) mass is 820 g/mol. The molecule has 1 amide bonds. The van der Waals surface area contributed by atoms with Crippen molar-refractivity contribution in [3.8, 4) is 0 Å². The maximum atomic E-state index is 14.4. The first-order valence-corrected chi connectivity index (χ1v) is 20.2. The van der Waals surface area contributed by atoms with Crippen LogP contribution in [0.2, 0.25) is 0 Å². The molecule has 1 heterocycles. The SMILES string of the molecule is C=C(/C=C(\N=C/C)C(F)(F)F)c1cc(C(F)(F)F)ccc1NC(=O)C1=C(C)C2(CCCC2)N(C)N(C/C(C)=C/C=C(CCCOCCCCCC)\C(P)=C\C)C1=C. The van der Waals surface area contributed by atoms with E-state index in [0.717, 1.165) is 91.9 Å². The van der Waals surface area contributed by atoms with Crippen LogP contribution in [0.3, 0.4) is 0 Å². The number of likely N-dealkylation sites (N-methyl/N-ethyl adjacent to an activating group) is 1. The molecule has 0 bridgehead atoms. The molecule has 1 unspecified atom stereocenters. The molecular weight excluding hydrogens is 761 g/mol. The Bertz CT molecular complexity index is 1800. The summed E-state index contributed by atoms with van der Waals surface area (Å²) >= 11 is 0. The molecule has 13 heteroatoms. The number of hydrogen-bond donors (Lipinski definition) is 1. The van der Waals surface area contributed by atoms with Crippen LogP contribution < -0.4 is 5.32 Å². The number of nitrogens with zero attached hydrogens (tertiary/aromatic N) is 3. The third-order valence-corrected chi connectivity index (χ3v) is 11.4. The molecule has 1 aromatic carbocycles. The molecule has 1 spiro atoms. The van der Waals surface area contributed by atoms with E-state index in [4.69, 9.17) is 4.74 Å². The fourth-order valence-corrected chi connectivity index (χ4v) is 7.63. The second-order valence-corrected chi connectivity index (χ2v) is 15.3. The van der Waals surface area contributed by atoms with Crippen molar-refractivity contribution < 1.29 is 35.9 Å². The van der Waals surface area contributed by atoms with E-state index in [0.29, 0.717) is 31.0 Å². The Balaban J connectivity index is 1.96. The van der Waals surface area contributed by atoms with Gasteiger partial charge in [0, 0.05) is 37.7 Å². The van der Waals surface area contributed by atoms with E-state index < -0.39 is 40.6 Å². The van der Waals surface area contributed by atoms with Gasteiger partial charge in [0.25, 0.3) is 5.91 Å². The minimum atomic E-state index is -4.90. The topological polar surface area (TPSA) is 57.2 Å². The number of hydrogen-bond acceptors (Lipinski definition) is 5. The van der Waals surface area contributed by atoms with Crippen LogP contribution in [0.15, 0.2) is 99.7 Å². The number of alkyl halides is 6. The van der Waals surface area contributed by atoms with Crippen molar-refractivity contribution in [2.75, 3.05) is 32.1 Å². The van der Waals surface area contributed by atoms with E-state index in [2.05, 4.69) is 62.9 Å². The largest absolute Gasteiger partial charge is 0.433 e. The summed E-state index contributed by atoms with van der Waals surface area (Å²) in [6.45, 7) is 19.2. The fraction of sp³-hybridized carbons (Fsp3) is 0.500. The molecule has 1 aromatic rings. The average Bonchev–Trinajstić information content (AvgIpc) is 3.65. The van der Waals surface area contributed by atoms with Crippen molar-refractivity contribution in [2.24, 2.45) is 4.99 Å². The number of amides is 1. The third-order valence-electron chi connectivity index (χ3n) is 10.7. The second-order valence-electron chi connectivity index (χ2n) is 14.6. The average molecular weight is 821 g/mol. The molecule has 314 valence electrons. The Morgan fingerprint density at radius 1 is 1.05 bits per heavy atom. The Hall–Kier alpha value is -3.73. The summed E-state index contributed by atoms with van der Waals surface area (Å²) < 4.78 is 88.6. The maximum absolute atomic E-state index is 14.4. The molecule has 6 nitrogen and oxygen atoms in total. The maximum Gasteiger partial charge on any atom is 0.433 e. The lowest BCUT2D eigenvalue weighted by atomic mass is 9.81. The van der Waals surface area contributed by atoms with Crippen LogP contribution in [0.1, 0.15) is 110 Å². The predicted molar refractivity (Wildman–Crippen MR) is 224 cm³/mol. The van der Waals surface area contributed by atoms with Crippen molar-refractivity contribution in [1.82, 2.24) is 10.0 Å². The van der Waals surface area contributed by atoms with Crippen LogP contribution >= 0.6 is 9.24 Å². The van der Waals surface area contributed by atoms with Crippen molar-refractivity contribution >= 4 is 32.6 Å². The molecule has 0 aromatic heterocycles. The van der Waals surface area contributed by atoms with E-state index >= 15 is 0 Å². The number of allylic oxidation sites excluding steroid dienone is 8. The van der Waals surface area contributed by atoms with Gasteiger partial charge in [-0.1, -0.05) is 76.0 Å². The number of rotatable bonds is 18. The van der Waals surface area contributed by atoms with Gasteiger partial charge in [-0.05, 0) is 106 Å². The van der Waals surface area contributed by atoms with E-state index in [9.17, 15) is 31.1 Å². The molecule has 0 saturated heterocycles. The Labute approximate surface area is 337 Å². The number of ether oxygens (including phenoxy) is 1. The highest BCUT2D eigenvalue weighted by Crippen LogP contribution is 2.48. The first kappa shape index (κ1) is 47.6. The van der Waals surface area contributed by atoms with E-state index in [1.54, 1.807) is 0 Å². The molecule has 0 radical (unpaired) electrons. The number of unbranched alkanes of at least 4 members (excludes halogenated alkanes) is 3. The van der Waals surface area contributed by atoms with Gasteiger partial charge < -0.3 is 15.1 Å². The first-order chi connectivity index (χ1) is 26.8. The van der Waals surface area contributed by atoms with Gasteiger partial charge in [-0.3, -0.25) is 9.79 Å². The van der Waals surface area contributed by atoms with Gasteiger partial charge in [0.15, 0.2) is 0 Å². The number of carbonyl (C=O) groups is 1. The molecule has 1 fully saturated rings. The van der Waals surface area contributed by atoms with Crippen LogP contribution in [0.25, 0.3) is 5.57 Å². The van der Waals surface area contributed by atoms with Crippen LogP contribution in [0.4, 0.5) is 32.0 Å². The zero-order chi connectivity index (χ0) is 42.6. The summed E-state index contributed by atoms with van der Waals surface area (Å²) in [7, 11) is 4.78. The number of benzene rings is 1. The Kier molecular flexibility index (Phi) is 17.8. The van der Waals surface area contributed by atoms with Gasteiger partial charge in [0.1, 0.15) is 5.70 Å². The lowest BCUT2D eigenvalue weighted by Gasteiger charge is -2.52. The predicted octanol–water partition coefficient (Wildman–Crippen LogP) is 12.5. The van der Waals surface area contributed by atoms with Gasteiger partial charge in [-0.15, -0.1) is 9.24 Å². The zero-order valence-corrected chi connectivity index (χ0v) is 35.4. The third kappa shape index (κ3) is 12.6. The highest BCUT2D eigenvalue weighted by molar-refractivity contribution is 7.23. The number of hydrazine groups is 1. The lowest BCUT2D eigenvalue weighted by Crippen LogP contribution is -2.58. The lowest BCUT2D eigenvalue weighted by molar-refractivity contribution is -0.137. The van der Waals surface area contributed by atoms with E-state index in [1.165, 1.54) is 26.2 Å². The smallest absolute Gasteiger partial charge is 0.381 e. The summed E-state index contributed by atoms with van der Waals surface area (Å²) in [5.74, 6) is -0.639. The van der Waals surface area contributed by atoms with Gasteiger partial charge in [-0.2, -0.15) is 26.3 Å². The Morgan fingerprint density at radius 2 is 1.72 bits per heavy atom. The fourth-order valence-electron chi connectivity index (χ4n) is 7.39. The highest BCUT2D eigenvalue weighted by atomic mass is 31.0. The van der Waals surface area contributed by atoms with Gasteiger partial charge in [-0.25, -0.2) is 5.01 Å². The van der Waals surface area contributed by atoms with E-state index in [-0.39, 0.29) is 16.8 Å². The molecule has 1 saturated carbocycles. The molecule has 3 rings (SSSR count). The van der Waals surface area contributed by atoms with Crippen molar-refractivity contribution in [1.29, 1.82) is 0 Å². The number of nitrogens with one attached hydrogen (secondary N) is 1. The van der Waals surface area contributed by atoms with Gasteiger partial charge in [0.2, 0.25) is 0 Å². The number of carbonyl (C=O) groups excluding carboxylic acids is 1. The second kappa shape index (κ2) is 21.3. The Morgan fingerprint density at radius 3 is 2.32 bits per heavy atom. The van der Waals surface area contributed by atoms with Crippen LogP contribution in [-0.2, 0) is 15.7 Å². The summed E-state index contributed by atoms with van der Waals surface area (Å²) in [5, 5.41) is 7.92. The number of anilines is 1. The summed E-state index contributed by atoms with van der Waals surface area (Å²) in [4.78, 5) is 17.7. The normalized spacial score (nSPS) is 17.8. The zero-order valence-electron chi connectivity index (χ0n) is 34.2. The summed E-state index contributed by atoms with van der Waals surface area (Å²) in [5.41, 5.74) is -0.259. The standard InChI is InChI=1S/C44H59F6N4O2P/c1-9-12-13-16-25-56-26-17-18-34(38(57)10-2)20-19-30(4)29-54-33(7)40(32(6)42(53(54)8)23-14-15-24-42)41(55)52-37-22-21-35(43(45,46)47)28-36(37)31(5)27-39(51-11-3)44(48,49)50/h10-11,19-22,27-28H,5,7,9,12-18,23-26,29,57H2,1-4,6,8H3,(H,52,55)/b30-19+,34-20-,38-10-,39-27-,51-11-. The summed E-state index contributed by atoms with van der Waals surface area (Å²) in [6.07, 6.45) is 7.79. The van der Waals surface area contributed by atoms with Crippen LogP contribution in [0.5, 0.6) is 0 Å². The first-order valence-electron chi connectivity index (χ1n) is 19.6. The quantitative estimate of drug-likeness (QED) is 0.0527. The van der Waals surface area contributed by atoms with Crippen molar-refractivity contribution in [3.05, 3.63) is 106 Å². The number of halogens is 6. The van der Waals surface area contributed by atoms with Crippen molar-refractivity contribution in [3.63, 3.8) is 0 Å². The van der Waals surface area contributed by atoms with E-state index in [1.807, 2.05) is 32.8 Å². The molecule has 57 heavy (non-hydrogen) atoms. The van der Waals surface area contributed by atoms with Gasteiger partial charge in [0.05, 0.1) is 28.9 Å². The van der Waals surface area contributed by atoms with Crippen LogP contribution in [0, 0.1) is 0 Å². The van der Waals surface area contributed by atoms with Gasteiger partial charge >= 0.3 is 12.4 Å². The minimum absolute atomic E-state index is 0.136. The molecule has 1 aliphatic heterocycles. The number of aliphatic imine (C=N–C) groups is 1. The van der Waals surface area contributed by atoms with Crippen LogP contribution in [-0.4, -0.2) is 60.7 Å². The molecule has 2 aliphatic rings. The highest BCUT2D eigenvalue weighted by Gasteiger charge is 2.48. The van der Waals surface area contributed by atoms with Crippen molar-refractivity contribution in [2.45, 2.75) is 117 Å². The minimum Gasteiger partial charge on any atom is -0.381 e. The molecule has 1 N–H and O–H groups in total. The summed E-state index contributed by atoms with van der Waals surface area (Å²) in [6, 6.07) is 2.48. The molecular formula is C44H59F6N4O2P.